The van der Waals surface area contributed by atoms with Gasteiger partial charge in [-0.15, -0.1) is 0 Å². The second-order valence-corrected chi connectivity index (χ2v) is 8.37. The summed E-state index contributed by atoms with van der Waals surface area (Å²) in [4.78, 5) is 13.5. The zero-order chi connectivity index (χ0) is 20.3. The van der Waals surface area contributed by atoms with Gasteiger partial charge in [-0.05, 0) is 48.4 Å². The number of rotatable bonds is 6. The lowest BCUT2D eigenvalue weighted by Crippen LogP contribution is -2.29. The molecule has 9 heteroatoms. The zero-order valence-corrected chi connectivity index (χ0v) is 15.8. The maximum atomic E-state index is 12.9. The zero-order valence-electron chi connectivity index (χ0n) is 15.0. The largest absolute Gasteiger partial charge is 0.388 e. The van der Waals surface area contributed by atoms with E-state index in [2.05, 4.69) is 4.72 Å². The quantitative estimate of drug-likeness (QED) is 0.664. The number of aryl methyl sites for hydroxylation is 1. The summed E-state index contributed by atoms with van der Waals surface area (Å²) in [6.07, 6.45) is -1.14. The van der Waals surface area contributed by atoms with E-state index in [9.17, 15) is 27.8 Å². The number of amides is 1. The molecule has 7 nitrogen and oxygen atoms in total. The van der Waals surface area contributed by atoms with Crippen LogP contribution in [0.15, 0.2) is 53.4 Å². The van der Waals surface area contributed by atoms with Crippen molar-refractivity contribution >= 4 is 21.6 Å². The van der Waals surface area contributed by atoms with Crippen LogP contribution in [-0.4, -0.2) is 54.7 Å². The first-order chi connectivity index (χ1) is 13.2. The van der Waals surface area contributed by atoms with Gasteiger partial charge in [-0.1, -0.05) is 12.1 Å². The van der Waals surface area contributed by atoms with Crippen LogP contribution in [0.2, 0.25) is 0 Å². The number of aliphatic hydroxyl groups is 2. The fourth-order valence-electron chi connectivity index (χ4n) is 2.95. The lowest BCUT2D eigenvalue weighted by atomic mass is 10.1. The molecule has 28 heavy (non-hydrogen) atoms. The monoisotopic (exact) mass is 408 g/mol. The lowest BCUT2D eigenvalue weighted by Gasteiger charge is -2.15. The highest BCUT2D eigenvalue weighted by Crippen LogP contribution is 2.18. The van der Waals surface area contributed by atoms with Gasteiger partial charge in [0.2, 0.25) is 5.91 Å². The Morgan fingerprint density at radius 1 is 1.04 bits per heavy atom. The number of nitrogens with zero attached hydrogens (tertiary/aromatic N) is 1. The number of aliphatic hydroxyl groups excluding tert-OH is 2. The third kappa shape index (κ3) is 4.86. The minimum atomic E-state index is -3.82. The molecule has 0 aromatic heterocycles. The van der Waals surface area contributed by atoms with Crippen molar-refractivity contribution in [2.75, 3.05) is 17.8 Å². The van der Waals surface area contributed by atoms with E-state index in [1.807, 2.05) is 0 Å². The second-order valence-electron chi connectivity index (χ2n) is 6.69. The summed E-state index contributed by atoms with van der Waals surface area (Å²) >= 11 is 0. The molecule has 3 N–H and O–H groups in total. The van der Waals surface area contributed by atoms with Gasteiger partial charge in [0.05, 0.1) is 17.1 Å². The molecule has 1 amide bonds. The maximum Gasteiger partial charge on any atom is 0.261 e. The van der Waals surface area contributed by atoms with E-state index in [0.29, 0.717) is 12.1 Å². The molecule has 3 rings (SSSR count). The summed E-state index contributed by atoms with van der Waals surface area (Å²) < 4.78 is 39.9. The van der Waals surface area contributed by atoms with E-state index in [4.69, 9.17) is 0 Å². The molecule has 150 valence electrons. The molecule has 1 heterocycles. The molecule has 1 saturated heterocycles. The van der Waals surface area contributed by atoms with E-state index >= 15 is 0 Å². The molecule has 1 fully saturated rings. The number of carbonyl (C=O) groups excluding carboxylic acids is 1. The number of nitrogens with one attached hydrogen (secondary N) is 1. The third-order valence-corrected chi connectivity index (χ3v) is 5.97. The fourth-order valence-corrected chi connectivity index (χ4v) is 4.01. The molecule has 1 aliphatic heterocycles. The molecule has 2 aromatic carbocycles. The Morgan fingerprint density at radius 3 is 2.18 bits per heavy atom. The first-order valence-corrected chi connectivity index (χ1v) is 10.2. The number of hydrogen-bond donors (Lipinski definition) is 3. The second kappa shape index (κ2) is 8.26. The summed E-state index contributed by atoms with van der Waals surface area (Å²) in [6.45, 7) is 0.258. The molecule has 0 radical (unpaired) electrons. The van der Waals surface area contributed by atoms with Crippen LogP contribution in [0.3, 0.4) is 0 Å². The van der Waals surface area contributed by atoms with E-state index in [0.717, 1.165) is 17.7 Å². The van der Waals surface area contributed by atoms with E-state index < -0.39 is 28.0 Å². The Hall–Kier alpha value is -2.49. The first kappa shape index (κ1) is 20.2. The standard InChI is InChI=1S/C19H21FN2O5S/c20-14-4-8-16(9-5-14)28(26,27)21-15-6-1-13(2-7-15)3-10-19(25)22-11-17(23)18(24)12-22/h1-2,4-9,17-18,21,23-24H,3,10-12H2/t17-,18-/m1/s1. The Labute approximate surface area is 162 Å². The number of anilines is 1. The van der Waals surface area contributed by atoms with Gasteiger partial charge in [-0.25, -0.2) is 12.8 Å². The van der Waals surface area contributed by atoms with Gasteiger partial charge in [-0.3, -0.25) is 9.52 Å². The SMILES string of the molecule is O=C(CCc1ccc(NS(=O)(=O)c2ccc(F)cc2)cc1)N1C[C@@H](O)[C@H](O)C1. The number of carbonyl (C=O) groups is 1. The minimum Gasteiger partial charge on any atom is -0.388 e. The van der Waals surface area contributed by atoms with Gasteiger partial charge in [-0.2, -0.15) is 0 Å². The van der Waals surface area contributed by atoms with Gasteiger partial charge in [0, 0.05) is 25.2 Å². The average Bonchev–Trinajstić information content (AvgIpc) is 3.00. The molecule has 2 aromatic rings. The van der Waals surface area contributed by atoms with Crippen LogP contribution in [0, 0.1) is 5.82 Å². The van der Waals surface area contributed by atoms with Crippen molar-refractivity contribution in [2.24, 2.45) is 0 Å². The predicted molar refractivity (Wildman–Crippen MR) is 101 cm³/mol. The summed E-state index contributed by atoms with van der Waals surface area (Å²) in [6, 6.07) is 11.1. The summed E-state index contributed by atoms with van der Waals surface area (Å²) in [5, 5.41) is 19.0. The average molecular weight is 408 g/mol. The molecule has 0 bridgehead atoms. The van der Waals surface area contributed by atoms with Gasteiger partial charge in [0.1, 0.15) is 5.82 Å². The van der Waals surface area contributed by atoms with Crippen LogP contribution in [0.4, 0.5) is 10.1 Å². The Bertz CT molecular complexity index is 922. The van der Waals surface area contributed by atoms with Crippen molar-refractivity contribution < 1.29 is 27.8 Å². The van der Waals surface area contributed by atoms with Crippen LogP contribution in [-0.2, 0) is 21.2 Å². The van der Waals surface area contributed by atoms with E-state index in [1.54, 1.807) is 24.3 Å². The number of halogens is 1. The van der Waals surface area contributed by atoms with Crippen LogP contribution >= 0.6 is 0 Å². The smallest absolute Gasteiger partial charge is 0.261 e. The highest BCUT2D eigenvalue weighted by molar-refractivity contribution is 7.92. The topological polar surface area (TPSA) is 107 Å². The lowest BCUT2D eigenvalue weighted by molar-refractivity contribution is -0.130. The van der Waals surface area contributed by atoms with Gasteiger partial charge in [0.25, 0.3) is 10.0 Å². The van der Waals surface area contributed by atoms with Crippen molar-refractivity contribution in [1.29, 1.82) is 0 Å². The predicted octanol–water partition coefficient (Wildman–Crippen LogP) is 1.12. The van der Waals surface area contributed by atoms with Crippen LogP contribution in [0.1, 0.15) is 12.0 Å². The fraction of sp³-hybridized carbons (Fsp3) is 0.316. The van der Waals surface area contributed by atoms with Gasteiger partial charge in [0.15, 0.2) is 0 Å². The van der Waals surface area contributed by atoms with Crippen LogP contribution in [0.25, 0.3) is 0 Å². The highest BCUT2D eigenvalue weighted by Gasteiger charge is 2.32. The van der Waals surface area contributed by atoms with Crippen LogP contribution in [0.5, 0.6) is 0 Å². The molecule has 2 atom stereocenters. The number of β-amino-alcohol motifs (C(OH)–C–C–N with tert-alkyl or cyclic N) is 2. The Morgan fingerprint density at radius 2 is 1.61 bits per heavy atom. The highest BCUT2D eigenvalue weighted by atomic mass is 32.2. The molecule has 0 aliphatic carbocycles. The van der Waals surface area contributed by atoms with Crippen molar-refractivity contribution in [3.8, 4) is 0 Å². The van der Waals surface area contributed by atoms with E-state index in [1.165, 1.54) is 17.0 Å². The Kier molecular flexibility index (Phi) is 5.97. The molecule has 0 saturated carbocycles. The summed E-state index contributed by atoms with van der Waals surface area (Å²) in [5.41, 5.74) is 1.20. The minimum absolute atomic E-state index is 0.0430. The third-order valence-electron chi connectivity index (χ3n) is 4.57. The van der Waals surface area contributed by atoms with Gasteiger partial charge >= 0.3 is 0 Å². The molecule has 1 aliphatic rings. The molecule has 0 unspecified atom stereocenters. The van der Waals surface area contributed by atoms with Crippen molar-refractivity contribution in [3.05, 3.63) is 59.9 Å². The molecule has 0 spiro atoms. The number of sulfonamides is 1. The van der Waals surface area contributed by atoms with Crippen LogP contribution < -0.4 is 4.72 Å². The van der Waals surface area contributed by atoms with Crippen molar-refractivity contribution in [2.45, 2.75) is 29.9 Å². The maximum absolute atomic E-state index is 12.9. The van der Waals surface area contributed by atoms with Crippen molar-refractivity contribution in [3.63, 3.8) is 0 Å². The van der Waals surface area contributed by atoms with Crippen molar-refractivity contribution in [1.82, 2.24) is 4.90 Å². The number of hydrogen-bond acceptors (Lipinski definition) is 5. The first-order valence-electron chi connectivity index (χ1n) is 8.76. The number of likely N-dealkylation sites (tertiary alicyclic amines) is 1. The Balaban J connectivity index is 1.56. The van der Waals surface area contributed by atoms with Gasteiger partial charge < -0.3 is 15.1 Å². The number of benzene rings is 2. The normalized spacial score (nSPS) is 19.6. The van der Waals surface area contributed by atoms with E-state index in [-0.39, 0.29) is 30.3 Å². The molecular formula is C19H21FN2O5S. The summed E-state index contributed by atoms with van der Waals surface area (Å²) in [7, 11) is -3.82. The summed E-state index contributed by atoms with van der Waals surface area (Å²) in [5.74, 6) is -0.674. The molecular weight excluding hydrogens is 387 g/mol.